The molecule has 3 N–H and O–H groups in total. The number of nitrogens with one attached hydrogen (secondary N) is 3. The van der Waals surface area contributed by atoms with Gasteiger partial charge in [-0.05, 0) is 65.4 Å². The summed E-state index contributed by atoms with van der Waals surface area (Å²) in [7, 11) is 1.54. The monoisotopic (exact) mass is 587 g/mol. The van der Waals surface area contributed by atoms with E-state index in [1.54, 1.807) is 67.8 Å². The number of hydrogen-bond donors (Lipinski definition) is 3. The fourth-order valence-corrected chi connectivity index (χ4v) is 5.11. The fourth-order valence-electron chi connectivity index (χ4n) is 4.36. The van der Waals surface area contributed by atoms with E-state index in [0.29, 0.717) is 22.6 Å². The van der Waals surface area contributed by atoms with Gasteiger partial charge in [0.15, 0.2) is 0 Å². The molecule has 0 aliphatic carbocycles. The van der Waals surface area contributed by atoms with E-state index in [-0.39, 0.29) is 17.4 Å². The lowest BCUT2D eigenvalue weighted by Gasteiger charge is -2.13. The van der Waals surface area contributed by atoms with E-state index in [2.05, 4.69) is 16.0 Å². The van der Waals surface area contributed by atoms with Crippen molar-refractivity contribution in [1.82, 2.24) is 5.32 Å². The van der Waals surface area contributed by atoms with Gasteiger partial charge in [-0.1, -0.05) is 72.8 Å². The minimum absolute atomic E-state index is 0.0474. The number of rotatable bonds is 10. The molecule has 0 saturated carbocycles. The Morgan fingerprint density at radius 2 is 1.44 bits per heavy atom. The van der Waals surface area contributed by atoms with Crippen LogP contribution in [0.3, 0.4) is 0 Å². The van der Waals surface area contributed by atoms with Crippen molar-refractivity contribution in [2.75, 3.05) is 23.5 Å². The topological polar surface area (TPSA) is 96.5 Å². The summed E-state index contributed by atoms with van der Waals surface area (Å²) in [5.41, 5.74) is 2.35. The molecule has 0 bridgehead atoms. The molecule has 0 spiro atoms. The van der Waals surface area contributed by atoms with Crippen molar-refractivity contribution in [3.63, 3.8) is 0 Å². The molecule has 0 aliphatic rings. The number of carbonyl (C=O) groups excluding carboxylic acids is 3. The van der Waals surface area contributed by atoms with Crippen molar-refractivity contribution in [3.8, 4) is 5.75 Å². The minimum atomic E-state index is -0.508. The second-order valence-corrected chi connectivity index (χ2v) is 10.5. The smallest absolute Gasteiger partial charge is 0.272 e. The number of hydrogen-bond acceptors (Lipinski definition) is 5. The molecule has 0 radical (unpaired) electrons. The number of methoxy groups -OCH3 is 1. The quantitative estimate of drug-likeness (QED) is 0.121. The van der Waals surface area contributed by atoms with Gasteiger partial charge in [0.05, 0.1) is 12.9 Å². The van der Waals surface area contributed by atoms with Gasteiger partial charge in [-0.25, -0.2) is 0 Å². The van der Waals surface area contributed by atoms with Crippen LogP contribution in [0.4, 0.5) is 11.4 Å². The van der Waals surface area contributed by atoms with Crippen LogP contribution >= 0.6 is 11.8 Å². The summed E-state index contributed by atoms with van der Waals surface area (Å²) in [4.78, 5) is 39.9. The van der Waals surface area contributed by atoms with Gasteiger partial charge in [-0.15, -0.1) is 11.8 Å². The lowest BCUT2D eigenvalue weighted by Crippen LogP contribution is -2.30. The Labute approximate surface area is 254 Å². The Morgan fingerprint density at radius 3 is 2.26 bits per heavy atom. The van der Waals surface area contributed by atoms with Crippen LogP contribution < -0.4 is 20.7 Å². The maximum Gasteiger partial charge on any atom is 0.272 e. The number of anilines is 2. The molecule has 43 heavy (non-hydrogen) atoms. The summed E-state index contributed by atoms with van der Waals surface area (Å²) < 4.78 is 5.43. The summed E-state index contributed by atoms with van der Waals surface area (Å²) in [6.45, 7) is 0. The van der Waals surface area contributed by atoms with Crippen LogP contribution in [-0.2, 0) is 9.59 Å². The highest BCUT2D eigenvalue weighted by Gasteiger charge is 2.16. The van der Waals surface area contributed by atoms with E-state index in [0.717, 1.165) is 21.4 Å². The third-order valence-corrected chi connectivity index (χ3v) is 7.46. The number of amides is 3. The van der Waals surface area contributed by atoms with Crippen molar-refractivity contribution >= 4 is 57.7 Å². The maximum absolute atomic E-state index is 13.5. The van der Waals surface area contributed by atoms with Gasteiger partial charge in [0, 0.05) is 27.4 Å². The van der Waals surface area contributed by atoms with Gasteiger partial charge in [0.2, 0.25) is 5.91 Å². The molecule has 0 atom stereocenters. The van der Waals surface area contributed by atoms with Crippen LogP contribution in [0, 0.1) is 0 Å². The van der Waals surface area contributed by atoms with E-state index in [1.165, 1.54) is 11.8 Å². The van der Waals surface area contributed by atoms with Crippen molar-refractivity contribution in [1.29, 1.82) is 0 Å². The van der Waals surface area contributed by atoms with Crippen molar-refractivity contribution in [2.45, 2.75) is 4.90 Å². The molecule has 8 heteroatoms. The molecule has 0 unspecified atom stereocenters. The normalized spacial score (nSPS) is 11.0. The zero-order chi connectivity index (χ0) is 30.0. The fraction of sp³-hybridized carbons (Fsp3) is 0.0571. The third kappa shape index (κ3) is 7.90. The Kier molecular flexibility index (Phi) is 9.51. The zero-order valence-electron chi connectivity index (χ0n) is 23.4. The third-order valence-electron chi connectivity index (χ3n) is 6.46. The standard InChI is InChI=1S/C35H29N3O4S/c1-42-32-17-8-7-14-27(32)21-31(38-34(40)25-11-3-2-4-12-25)35(41)37-28-15-9-16-30(22-28)43-23-33(39)36-29-19-18-24-10-5-6-13-26(24)20-29/h2-22H,23H2,1H3,(H,36,39)(H,37,41)(H,38,40)/b31-21+. The summed E-state index contributed by atoms with van der Waals surface area (Å²) in [6, 6.07) is 36.8. The minimum Gasteiger partial charge on any atom is -0.496 e. The number of thioether (sulfide) groups is 1. The summed E-state index contributed by atoms with van der Waals surface area (Å²) in [5, 5.41) is 10.7. The van der Waals surface area contributed by atoms with Gasteiger partial charge in [-0.3, -0.25) is 14.4 Å². The Hall–Kier alpha value is -5.34. The van der Waals surface area contributed by atoms with Crippen molar-refractivity contribution < 1.29 is 19.1 Å². The number of fused-ring (bicyclic) bond motifs is 1. The van der Waals surface area contributed by atoms with Crippen LogP contribution in [0.15, 0.2) is 132 Å². The van der Waals surface area contributed by atoms with Crippen LogP contribution in [0.5, 0.6) is 5.75 Å². The Morgan fingerprint density at radius 1 is 0.721 bits per heavy atom. The molecule has 0 aliphatic heterocycles. The first-order valence-electron chi connectivity index (χ1n) is 13.5. The predicted molar refractivity (Wildman–Crippen MR) is 173 cm³/mol. The number of ether oxygens (including phenoxy) is 1. The average molecular weight is 588 g/mol. The Balaban J connectivity index is 1.27. The van der Waals surface area contributed by atoms with E-state index in [9.17, 15) is 14.4 Å². The number of benzene rings is 5. The summed E-state index contributed by atoms with van der Waals surface area (Å²) >= 11 is 1.35. The first-order chi connectivity index (χ1) is 21.0. The predicted octanol–water partition coefficient (Wildman–Crippen LogP) is 6.99. The van der Waals surface area contributed by atoms with Crippen molar-refractivity contribution in [2.24, 2.45) is 0 Å². The highest BCUT2D eigenvalue weighted by Crippen LogP contribution is 2.24. The molecule has 5 aromatic rings. The van der Waals surface area contributed by atoms with Crippen molar-refractivity contribution in [3.05, 3.63) is 138 Å². The highest BCUT2D eigenvalue weighted by atomic mass is 32.2. The first kappa shape index (κ1) is 29.2. The van der Waals surface area contributed by atoms with Gasteiger partial charge in [0.25, 0.3) is 11.8 Å². The van der Waals surface area contributed by atoms with Gasteiger partial charge in [-0.2, -0.15) is 0 Å². The van der Waals surface area contributed by atoms with Crippen LogP contribution in [0.25, 0.3) is 16.8 Å². The Bertz CT molecular complexity index is 1800. The summed E-state index contributed by atoms with van der Waals surface area (Å²) in [6.07, 6.45) is 1.57. The second-order valence-electron chi connectivity index (χ2n) is 9.50. The zero-order valence-corrected chi connectivity index (χ0v) is 24.2. The van der Waals surface area contributed by atoms with E-state index in [1.807, 2.05) is 66.7 Å². The molecule has 0 aromatic heterocycles. The SMILES string of the molecule is COc1ccccc1/C=C(/NC(=O)c1ccccc1)C(=O)Nc1cccc(SCC(=O)Nc2ccc3ccccc3c2)c1. The molecule has 214 valence electrons. The molecule has 5 rings (SSSR count). The van der Waals surface area contributed by atoms with Gasteiger partial charge in [0.1, 0.15) is 11.4 Å². The molecular weight excluding hydrogens is 558 g/mol. The van der Waals surface area contributed by atoms with Crippen LogP contribution in [0.1, 0.15) is 15.9 Å². The van der Waals surface area contributed by atoms with Crippen LogP contribution in [-0.4, -0.2) is 30.6 Å². The molecule has 0 saturated heterocycles. The molecule has 7 nitrogen and oxygen atoms in total. The number of para-hydroxylation sites is 1. The average Bonchev–Trinajstić information content (AvgIpc) is 3.04. The van der Waals surface area contributed by atoms with E-state index in [4.69, 9.17) is 4.74 Å². The second kappa shape index (κ2) is 14.0. The molecule has 0 heterocycles. The first-order valence-corrected chi connectivity index (χ1v) is 14.5. The molecular formula is C35H29N3O4S. The lowest BCUT2D eigenvalue weighted by atomic mass is 10.1. The number of carbonyl (C=O) groups is 3. The van der Waals surface area contributed by atoms with Gasteiger partial charge >= 0.3 is 0 Å². The molecule has 0 fully saturated rings. The summed E-state index contributed by atoms with van der Waals surface area (Å²) in [5.74, 6) is -0.316. The molecule has 3 amide bonds. The van der Waals surface area contributed by atoms with E-state index < -0.39 is 11.8 Å². The van der Waals surface area contributed by atoms with E-state index >= 15 is 0 Å². The lowest BCUT2D eigenvalue weighted by molar-refractivity contribution is -0.114. The van der Waals surface area contributed by atoms with Gasteiger partial charge < -0.3 is 20.7 Å². The van der Waals surface area contributed by atoms with Crippen LogP contribution in [0.2, 0.25) is 0 Å². The maximum atomic E-state index is 13.5. The highest BCUT2D eigenvalue weighted by molar-refractivity contribution is 8.00. The largest absolute Gasteiger partial charge is 0.496 e. The molecule has 5 aromatic carbocycles.